The molecule has 3 aromatic rings. The number of urea groups is 1. The molecule has 0 radical (unpaired) electrons. The van der Waals surface area contributed by atoms with Crippen LogP contribution in [-0.4, -0.2) is 17.8 Å². The molecule has 0 atom stereocenters. The molecular weight excluding hydrogens is 416 g/mol. The Morgan fingerprint density at radius 2 is 1.64 bits per heavy atom. The number of hydrogen-bond acceptors (Lipinski definition) is 4. The van der Waals surface area contributed by atoms with Gasteiger partial charge in [-0.15, -0.1) is 0 Å². The fourth-order valence-corrected chi connectivity index (χ4v) is 3.57. The van der Waals surface area contributed by atoms with Crippen molar-refractivity contribution < 1.29 is 19.1 Å². The fraction of sp³-hybridized carbons (Fsp3) is 0.148. The molecule has 0 aromatic heterocycles. The molecule has 0 spiro atoms. The van der Waals surface area contributed by atoms with Gasteiger partial charge in [-0.1, -0.05) is 61.0 Å². The van der Waals surface area contributed by atoms with Crippen molar-refractivity contribution in [3.8, 4) is 5.75 Å². The molecule has 3 aromatic carbocycles. The standard InChI is InChI=1S/C27H24N2O4/c1-3-19-7-11-22(12-8-19)29-26(31)24(25(30)28-27(29)32)16-20-9-13-23(14-10-20)33-17-21-6-4-5-18(2)15-21/h4-16H,3,17H2,1-2H3,(H,28,30,32)/b24-16-. The van der Waals surface area contributed by atoms with Gasteiger partial charge in [-0.3, -0.25) is 14.9 Å². The lowest BCUT2D eigenvalue weighted by atomic mass is 10.1. The summed E-state index contributed by atoms with van der Waals surface area (Å²) in [7, 11) is 0. The van der Waals surface area contributed by atoms with Crippen LogP contribution in [0.15, 0.2) is 78.4 Å². The van der Waals surface area contributed by atoms with Gasteiger partial charge in [-0.25, -0.2) is 9.69 Å². The van der Waals surface area contributed by atoms with Crippen molar-refractivity contribution in [2.45, 2.75) is 26.9 Å². The number of benzene rings is 3. The van der Waals surface area contributed by atoms with E-state index in [2.05, 4.69) is 11.4 Å². The van der Waals surface area contributed by atoms with E-state index in [0.717, 1.165) is 22.4 Å². The first-order valence-corrected chi connectivity index (χ1v) is 10.7. The number of nitrogens with one attached hydrogen (secondary N) is 1. The van der Waals surface area contributed by atoms with Crippen LogP contribution in [0.2, 0.25) is 0 Å². The Kier molecular flexibility index (Phi) is 6.36. The molecule has 4 amide bonds. The van der Waals surface area contributed by atoms with Gasteiger partial charge in [0.05, 0.1) is 5.69 Å². The predicted molar refractivity (Wildman–Crippen MR) is 127 cm³/mol. The largest absolute Gasteiger partial charge is 0.489 e. The van der Waals surface area contributed by atoms with Crippen LogP contribution in [0.4, 0.5) is 10.5 Å². The Balaban J connectivity index is 1.51. The Labute approximate surface area is 192 Å². The third-order valence-electron chi connectivity index (χ3n) is 5.38. The first-order valence-electron chi connectivity index (χ1n) is 10.7. The van der Waals surface area contributed by atoms with Gasteiger partial charge < -0.3 is 4.74 Å². The third kappa shape index (κ3) is 5.01. The summed E-state index contributed by atoms with van der Waals surface area (Å²) in [4.78, 5) is 38.7. The second-order valence-corrected chi connectivity index (χ2v) is 7.82. The van der Waals surface area contributed by atoms with E-state index >= 15 is 0 Å². The van der Waals surface area contributed by atoms with Gasteiger partial charge in [-0.2, -0.15) is 0 Å². The van der Waals surface area contributed by atoms with Gasteiger partial charge in [0.2, 0.25) is 0 Å². The lowest BCUT2D eigenvalue weighted by Gasteiger charge is -2.26. The van der Waals surface area contributed by atoms with E-state index in [1.807, 2.05) is 44.2 Å². The summed E-state index contributed by atoms with van der Waals surface area (Å²) in [6, 6.07) is 21.5. The summed E-state index contributed by atoms with van der Waals surface area (Å²) >= 11 is 0. The Morgan fingerprint density at radius 1 is 0.909 bits per heavy atom. The minimum Gasteiger partial charge on any atom is -0.489 e. The molecule has 166 valence electrons. The molecule has 6 heteroatoms. The normalized spacial score (nSPS) is 15.0. The number of ether oxygens (including phenoxy) is 1. The second kappa shape index (κ2) is 9.53. The summed E-state index contributed by atoms with van der Waals surface area (Å²) in [5.74, 6) is -0.704. The van der Waals surface area contributed by atoms with E-state index in [1.165, 1.54) is 11.6 Å². The van der Waals surface area contributed by atoms with Crippen molar-refractivity contribution >= 4 is 29.6 Å². The fourth-order valence-electron chi connectivity index (χ4n) is 3.57. The molecule has 4 rings (SSSR count). The van der Waals surface area contributed by atoms with Gasteiger partial charge in [-0.05, 0) is 60.4 Å². The number of barbiturate groups is 1. The van der Waals surface area contributed by atoms with Crippen molar-refractivity contribution in [3.63, 3.8) is 0 Å². The molecule has 1 N–H and O–H groups in total. The Morgan fingerprint density at radius 3 is 2.30 bits per heavy atom. The highest BCUT2D eigenvalue weighted by Crippen LogP contribution is 2.23. The van der Waals surface area contributed by atoms with Gasteiger partial charge >= 0.3 is 6.03 Å². The van der Waals surface area contributed by atoms with E-state index in [0.29, 0.717) is 23.6 Å². The summed E-state index contributed by atoms with van der Waals surface area (Å²) < 4.78 is 5.82. The first-order chi connectivity index (χ1) is 15.9. The van der Waals surface area contributed by atoms with E-state index in [-0.39, 0.29) is 5.57 Å². The monoisotopic (exact) mass is 440 g/mol. The van der Waals surface area contributed by atoms with Crippen LogP contribution in [0.5, 0.6) is 5.75 Å². The van der Waals surface area contributed by atoms with Crippen molar-refractivity contribution in [3.05, 3.63) is 101 Å². The molecule has 1 heterocycles. The van der Waals surface area contributed by atoms with Crippen molar-refractivity contribution in [2.24, 2.45) is 0 Å². The molecule has 1 saturated heterocycles. The average molecular weight is 440 g/mol. The maximum Gasteiger partial charge on any atom is 0.335 e. The molecule has 1 aliphatic rings. The molecule has 1 aliphatic heterocycles. The topological polar surface area (TPSA) is 75.7 Å². The molecule has 1 fully saturated rings. The van der Waals surface area contributed by atoms with E-state index in [9.17, 15) is 14.4 Å². The molecule has 6 nitrogen and oxygen atoms in total. The highest BCUT2D eigenvalue weighted by molar-refractivity contribution is 6.39. The van der Waals surface area contributed by atoms with Gasteiger partial charge in [0.1, 0.15) is 17.9 Å². The molecule has 0 unspecified atom stereocenters. The zero-order valence-corrected chi connectivity index (χ0v) is 18.5. The molecule has 0 saturated carbocycles. The molecule has 33 heavy (non-hydrogen) atoms. The molecule has 0 aliphatic carbocycles. The average Bonchev–Trinajstić information content (AvgIpc) is 2.81. The number of imide groups is 2. The molecular formula is C27H24N2O4. The Hall–Kier alpha value is -4.19. The van der Waals surface area contributed by atoms with Gasteiger partial charge in [0.25, 0.3) is 11.8 Å². The van der Waals surface area contributed by atoms with Gasteiger partial charge in [0.15, 0.2) is 0 Å². The SMILES string of the molecule is CCc1ccc(N2C(=O)NC(=O)/C(=C/c3ccc(OCc4cccc(C)c4)cc3)C2=O)cc1. The van der Waals surface area contributed by atoms with Crippen LogP contribution in [0.1, 0.15) is 29.2 Å². The van der Waals surface area contributed by atoms with E-state index in [4.69, 9.17) is 4.74 Å². The number of hydrogen-bond donors (Lipinski definition) is 1. The lowest BCUT2D eigenvalue weighted by Crippen LogP contribution is -2.54. The van der Waals surface area contributed by atoms with Crippen LogP contribution in [0, 0.1) is 6.92 Å². The number of carbonyl (C=O) groups excluding carboxylic acids is 3. The zero-order valence-electron chi connectivity index (χ0n) is 18.5. The number of carbonyl (C=O) groups is 3. The third-order valence-corrected chi connectivity index (χ3v) is 5.38. The van der Waals surface area contributed by atoms with E-state index < -0.39 is 17.8 Å². The van der Waals surface area contributed by atoms with Crippen LogP contribution >= 0.6 is 0 Å². The lowest BCUT2D eigenvalue weighted by molar-refractivity contribution is -0.122. The highest BCUT2D eigenvalue weighted by Gasteiger charge is 2.36. The number of rotatable bonds is 6. The van der Waals surface area contributed by atoms with Crippen molar-refractivity contribution in [1.29, 1.82) is 0 Å². The first kappa shape index (κ1) is 22.0. The predicted octanol–water partition coefficient (Wildman–Crippen LogP) is 4.80. The number of nitrogens with zero attached hydrogens (tertiary/aromatic N) is 1. The quantitative estimate of drug-likeness (QED) is 0.441. The highest BCUT2D eigenvalue weighted by atomic mass is 16.5. The van der Waals surface area contributed by atoms with Gasteiger partial charge in [0, 0.05) is 0 Å². The van der Waals surface area contributed by atoms with Crippen molar-refractivity contribution in [2.75, 3.05) is 4.90 Å². The summed E-state index contributed by atoms with van der Waals surface area (Å²) in [6.07, 6.45) is 2.32. The summed E-state index contributed by atoms with van der Waals surface area (Å²) in [6.45, 7) is 4.49. The number of anilines is 1. The summed E-state index contributed by atoms with van der Waals surface area (Å²) in [5.41, 5.74) is 4.27. The minimum absolute atomic E-state index is 0.109. The Bertz CT molecular complexity index is 1230. The van der Waals surface area contributed by atoms with Crippen LogP contribution in [0.25, 0.3) is 6.08 Å². The van der Waals surface area contributed by atoms with Crippen LogP contribution in [0.3, 0.4) is 0 Å². The smallest absolute Gasteiger partial charge is 0.335 e. The zero-order chi connectivity index (χ0) is 23.4. The van der Waals surface area contributed by atoms with Crippen LogP contribution in [-0.2, 0) is 22.6 Å². The van der Waals surface area contributed by atoms with Crippen LogP contribution < -0.4 is 15.0 Å². The maximum absolute atomic E-state index is 13.0. The minimum atomic E-state index is -0.758. The second-order valence-electron chi connectivity index (χ2n) is 7.82. The van der Waals surface area contributed by atoms with E-state index in [1.54, 1.807) is 36.4 Å². The summed E-state index contributed by atoms with van der Waals surface area (Å²) in [5, 5.41) is 2.25. The maximum atomic E-state index is 13.0. The molecule has 0 bridgehead atoms. The number of aryl methyl sites for hydroxylation is 2. The van der Waals surface area contributed by atoms with Crippen molar-refractivity contribution in [1.82, 2.24) is 5.32 Å². The number of amides is 4.